The molecule has 0 aromatic carbocycles. The molecule has 1 saturated heterocycles. The predicted molar refractivity (Wildman–Crippen MR) is 71.2 cm³/mol. The number of rotatable bonds is 5. The third kappa shape index (κ3) is 4.93. The van der Waals surface area contributed by atoms with Gasteiger partial charge in [0.2, 0.25) is 0 Å². The molecule has 96 valence electrons. The van der Waals surface area contributed by atoms with Crippen molar-refractivity contribution in [1.82, 2.24) is 10.2 Å². The van der Waals surface area contributed by atoms with Gasteiger partial charge >= 0.3 is 0 Å². The zero-order chi connectivity index (χ0) is 12.1. The van der Waals surface area contributed by atoms with Crippen LogP contribution in [0.25, 0.3) is 0 Å². The first-order valence-electron chi connectivity index (χ1n) is 6.26. The highest BCUT2D eigenvalue weighted by Crippen LogP contribution is 2.12. The van der Waals surface area contributed by atoms with Gasteiger partial charge in [0, 0.05) is 54.5 Å². The van der Waals surface area contributed by atoms with Crippen molar-refractivity contribution in [2.45, 2.75) is 39.3 Å². The Morgan fingerprint density at radius 3 is 2.75 bits per heavy atom. The monoisotopic (exact) mass is 246 g/mol. The smallest absolute Gasteiger partial charge is 0.0359 e. The second-order valence-corrected chi connectivity index (χ2v) is 6.91. The molecule has 1 fully saturated rings. The molecule has 0 aromatic heterocycles. The first kappa shape index (κ1) is 14.1. The summed E-state index contributed by atoms with van der Waals surface area (Å²) in [5.74, 6) is 1.55. The maximum Gasteiger partial charge on any atom is 0.0359 e. The van der Waals surface area contributed by atoms with E-state index in [9.17, 15) is 4.21 Å². The first-order chi connectivity index (χ1) is 7.49. The van der Waals surface area contributed by atoms with Crippen LogP contribution in [0.3, 0.4) is 0 Å². The Hall–Kier alpha value is 0.0700. The van der Waals surface area contributed by atoms with Crippen molar-refractivity contribution in [1.29, 1.82) is 0 Å². The van der Waals surface area contributed by atoms with Crippen LogP contribution in [0.4, 0.5) is 0 Å². The summed E-state index contributed by atoms with van der Waals surface area (Å²) in [5.41, 5.74) is 0. The molecule has 1 rings (SSSR count). The maximum absolute atomic E-state index is 11.1. The van der Waals surface area contributed by atoms with Crippen molar-refractivity contribution in [2.24, 2.45) is 5.92 Å². The summed E-state index contributed by atoms with van der Waals surface area (Å²) in [6.45, 7) is 9.93. The number of nitrogens with one attached hydrogen (secondary N) is 1. The second kappa shape index (κ2) is 6.72. The standard InChI is InChI=1S/C12H26N2OS/c1-10(2)7-12-9-14(5-6-16(4)15)11(3)8-13-12/h10-13H,5-9H2,1-4H3. The van der Waals surface area contributed by atoms with E-state index in [-0.39, 0.29) is 0 Å². The molecule has 0 saturated carbocycles. The number of nitrogens with zero attached hydrogens (tertiary/aromatic N) is 1. The number of hydrogen-bond donors (Lipinski definition) is 1. The lowest BCUT2D eigenvalue weighted by molar-refractivity contribution is 0.140. The summed E-state index contributed by atoms with van der Waals surface area (Å²) >= 11 is 0. The van der Waals surface area contributed by atoms with Crippen LogP contribution in [0.2, 0.25) is 0 Å². The third-order valence-corrected chi connectivity index (χ3v) is 3.96. The number of hydrogen-bond acceptors (Lipinski definition) is 3. The van der Waals surface area contributed by atoms with Crippen LogP contribution in [0.15, 0.2) is 0 Å². The van der Waals surface area contributed by atoms with E-state index in [2.05, 4.69) is 31.0 Å². The molecule has 0 amide bonds. The van der Waals surface area contributed by atoms with Crippen molar-refractivity contribution in [3.8, 4) is 0 Å². The Labute approximate surface area is 102 Å². The molecule has 4 heteroatoms. The van der Waals surface area contributed by atoms with Crippen LogP contribution < -0.4 is 5.32 Å². The number of piperazine rings is 1. The summed E-state index contributed by atoms with van der Waals surface area (Å²) in [4.78, 5) is 2.48. The molecule has 3 nitrogen and oxygen atoms in total. The van der Waals surface area contributed by atoms with Gasteiger partial charge in [-0.05, 0) is 19.3 Å². The van der Waals surface area contributed by atoms with Crippen molar-refractivity contribution in [2.75, 3.05) is 31.6 Å². The summed E-state index contributed by atoms with van der Waals surface area (Å²) in [5, 5.41) is 3.60. The van der Waals surface area contributed by atoms with Crippen LogP contribution in [-0.4, -0.2) is 52.8 Å². The topological polar surface area (TPSA) is 32.3 Å². The van der Waals surface area contributed by atoms with E-state index < -0.39 is 10.8 Å². The van der Waals surface area contributed by atoms with Crippen molar-refractivity contribution >= 4 is 10.8 Å². The average Bonchev–Trinajstić information content (AvgIpc) is 2.18. The Kier molecular flexibility index (Phi) is 5.94. The van der Waals surface area contributed by atoms with E-state index in [0.29, 0.717) is 12.1 Å². The lowest BCUT2D eigenvalue weighted by atomic mass is 10.0. The van der Waals surface area contributed by atoms with Crippen LogP contribution in [0.1, 0.15) is 27.2 Å². The Balaban J connectivity index is 2.38. The van der Waals surface area contributed by atoms with Crippen molar-refractivity contribution in [3.63, 3.8) is 0 Å². The molecular formula is C12H26N2OS. The highest BCUT2D eigenvalue weighted by Gasteiger charge is 2.24. The summed E-state index contributed by atoms with van der Waals surface area (Å²) in [7, 11) is -0.666. The Bertz CT molecular complexity index is 233. The first-order valence-corrected chi connectivity index (χ1v) is 7.99. The second-order valence-electron chi connectivity index (χ2n) is 5.36. The maximum atomic E-state index is 11.1. The average molecular weight is 246 g/mol. The molecule has 1 heterocycles. The van der Waals surface area contributed by atoms with Crippen molar-refractivity contribution in [3.05, 3.63) is 0 Å². The molecule has 1 N–H and O–H groups in total. The molecule has 3 atom stereocenters. The quantitative estimate of drug-likeness (QED) is 0.788. The molecule has 1 aliphatic rings. The Morgan fingerprint density at radius 1 is 1.50 bits per heavy atom. The molecule has 3 unspecified atom stereocenters. The fourth-order valence-corrected chi connectivity index (χ4v) is 2.77. The van der Waals surface area contributed by atoms with E-state index in [0.717, 1.165) is 31.3 Å². The third-order valence-electron chi connectivity index (χ3n) is 3.20. The van der Waals surface area contributed by atoms with Crippen LogP contribution >= 0.6 is 0 Å². The van der Waals surface area contributed by atoms with Gasteiger partial charge in [-0.25, -0.2) is 0 Å². The molecule has 1 aliphatic heterocycles. The largest absolute Gasteiger partial charge is 0.311 e. The lowest BCUT2D eigenvalue weighted by Gasteiger charge is -2.39. The van der Waals surface area contributed by atoms with E-state index >= 15 is 0 Å². The fourth-order valence-electron chi connectivity index (χ4n) is 2.28. The van der Waals surface area contributed by atoms with E-state index in [1.165, 1.54) is 6.42 Å². The molecule has 16 heavy (non-hydrogen) atoms. The zero-order valence-electron chi connectivity index (χ0n) is 11.0. The minimum Gasteiger partial charge on any atom is -0.311 e. The van der Waals surface area contributed by atoms with Gasteiger partial charge in [0.05, 0.1) is 0 Å². The van der Waals surface area contributed by atoms with Crippen LogP contribution in [0.5, 0.6) is 0 Å². The summed E-state index contributed by atoms with van der Waals surface area (Å²) in [6, 6.07) is 1.19. The van der Waals surface area contributed by atoms with Crippen LogP contribution in [0, 0.1) is 5.92 Å². The van der Waals surface area contributed by atoms with Gasteiger partial charge < -0.3 is 5.32 Å². The predicted octanol–water partition coefficient (Wildman–Crippen LogP) is 1.07. The van der Waals surface area contributed by atoms with E-state index in [4.69, 9.17) is 0 Å². The molecule has 0 bridgehead atoms. The summed E-state index contributed by atoms with van der Waals surface area (Å²) in [6.07, 6.45) is 3.02. The van der Waals surface area contributed by atoms with Gasteiger partial charge in [-0.2, -0.15) is 0 Å². The van der Waals surface area contributed by atoms with Gasteiger partial charge in [-0.15, -0.1) is 0 Å². The van der Waals surface area contributed by atoms with Gasteiger partial charge in [0.15, 0.2) is 0 Å². The zero-order valence-corrected chi connectivity index (χ0v) is 11.8. The minimum atomic E-state index is -0.666. The minimum absolute atomic E-state index is 0.576. The molecule has 0 aromatic rings. The highest BCUT2D eigenvalue weighted by atomic mass is 32.2. The molecule has 0 spiro atoms. The van der Waals surface area contributed by atoms with Crippen molar-refractivity contribution < 1.29 is 4.21 Å². The van der Waals surface area contributed by atoms with E-state index in [1.54, 1.807) is 6.26 Å². The lowest BCUT2D eigenvalue weighted by Crippen LogP contribution is -2.56. The fraction of sp³-hybridized carbons (Fsp3) is 1.00. The van der Waals surface area contributed by atoms with E-state index in [1.807, 2.05) is 0 Å². The SMILES string of the molecule is CC(C)CC1CN(CCS(C)=O)C(C)CN1. The molecular weight excluding hydrogens is 220 g/mol. The molecule has 0 radical (unpaired) electrons. The van der Waals surface area contributed by atoms with Gasteiger partial charge in [-0.1, -0.05) is 13.8 Å². The summed E-state index contributed by atoms with van der Waals surface area (Å²) < 4.78 is 11.1. The van der Waals surface area contributed by atoms with Crippen LogP contribution in [-0.2, 0) is 10.8 Å². The van der Waals surface area contributed by atoms with Gasteiger partial charge in [-0.3, -0.25) is 9.11 Å². The molecule has 0 aliphatic carbocycles. The Morgan fingerprint density at radius 2 is 2.19 bits per heavy atom. The van der Waals surface area contributed by atoms with Gasteiger partial charge in [0.1, 0.15) is 0 Å². The van der Waals surface area contributed by atoms with Gasteiger partial charge in [0.25, 0.3) is 0 Å². The normalized spacial score (nSPS) is 29.6. The highest BCUT2D eigenvalue weighted by molar-refractivity contribution is 7.84.